The number of nitrogens with one attached hydrogen (secondary N) is 1. The minimum atomic E-state index is 0.175. The highest BCUT2D eigenvalue weighted by atomic mass is 32.1. The summed E-state index contributed by atoms with van der Waals surface area (Å²) in [7, 11) is 0. The Hall–Kier alpha value is -1.62. The number of rotatable bonds is 5. The van der Waals surface area contributed by atoms with Crippen molar-refractivity contribution in [1.29, 1.82) is 0 Å². The van der Waals surface area contributed by atoms with E-state index in [9.17, 15) is 4.79 Å². The largest absolute Gasteiger partial charge is 0.346 e. The lowest BCUT2D eigenvalue weighted by molar-refractivity contribution is -0.130. The fourth-order valence-electron chi connectivity index (χ4n) is 3.90. The maximum Gasteiger partial charge on any atom is 0.219 e. The fourth-order valence-corrected chi connectivity index (χ4v) is 4.24. The first-order valence-corrected chi connectivity index (χ1v) is 10.5. The molecule has 1 N–H and O–H groups in total. The van der Waals surface area contributed by atoms with Crippen molar-refractivity contribution in [2.24, 2.45) is 5.92 Å². The number of aryl methyl sites for hydroxylation is 3. The molecule has 1 aromatic rings. The number of hydrogen-bond donors (Lipinski definition) is 1. The van der Waals surface area contributed by atoms with Crippen LogP contribution >= 0.6 is 12.2 Å². The predicted molar refractivity (Wildman–Crippen MR) is 118 cm³/mol. The van der Waals surface area contributed by atoms with Crippen molar-refractivity contribution in [1.82, 2.24) is 9.80 Å². The highest BCUT2D eigenvalue weighted by Gasteiger charge is 2.27. The van der Waals surface area contributed by atoms with Gasteiger partial charge in [0.25, 0.3) is 0 Å². The van der Waals surface area contributed by atoms with Gasteiger partial charge in [-0.2, -0.15) is 0 Å². The number of likely N-dealkylation sites (tertiary alicyclic amines) is 1. The van der Waals surface area contributed by atoms with Crippen LogP contribution in [0.15, 0.2) is 12.1 Å². The van der Waals surface area contributed by atoms with Gasteiger partial charge in [0.15, 0.2) is 5.11 Å². The zero-order valence-corrected chi connectivity index (χ0v) is 18.6. The molecule has 1 aromatic carbocycles. The van der Waals surface area contributed by atoms with Crippen LogP contribution in [0.4, 0.5) is 5.69 Å². The first-order chi connectivity index (χ1) is 12.7. The number of carbonyl (C=O) groups is 1. The number of amides is 1. The summed E-state index contributed by atoms with van der Waals surface area (Å²) < 4.78 is 0. The van der Waals surface area contributed by atoms with E-state index in [-0.39, 0.29) is 5.91 Å². The smallest absolute Gasteiger partial charge is 0.219 e. The molecule has 1 aliphatic heterocycles. The third-order valence-electron chi connectivity index (χ3n) is 5.47. The Morgan fingerprint density at radius 2 is 1.78 bits per heavy atom. The summed E-state index contributed by atoms with van der Waals surface area (Å²) in [5.41, 5.74) is 4.85. The molecule has 1 amide bonds. The SMILES string of the molecule is CC(=O)N1CCC(N(CCC(C)C)C(=S)Nc2c(C)cc(C)cc2C)CC1. The Labute approximate surface area is 170 Å². The molecule has 0 aromatic heterocycles. The number of thiocarbonyl (C=S) groups is 1. The molecule has 1 fully saturated rings. The van der Waals surface area contributed by atoms with Gasteiger partial charge < -0.3 is 15.1 Å². The average molecular weight is 390 g/mol. The third kappa shape index (κ3) is 5.93. The second-order valence-electron chi connectivity index (χ2n) is 8.32. The zero-order valence-electron chi connectivity index (χ0n) is 17.8. The lowest BCUT2D eigenvalue weighted by Gasteiger charge is -2.40. The van der Waals surface area contributed by atoms with Gasteiger partial charge in [0.2, 0.25) is 5.91 Å². The predicted octanol–water partition coefficient (Wildman–Crippen LogP) is 4.67. The molecule has 1 aliphatic rings. The summed E-state index contributed by atoms with van der Waals surface area (Å²) in [5, 5.41) is 4.35. The molecular formula is C22H35N3OS. The molecule has 4 nitrogen and oxygen atoms in total. The van der Waals surface area contributed by atoms with Crippen LogP contribution < -0.4 is 5.32 Å². The first kappa shape index (κ1) is 21.7. The van der Waals surface area contributed by atoms with E-state index in [1.807, 2.05) is 4.90 Å². The molecule has 0 spiro atoms. The van der Waals surface area contributed by atoms with E-state index in [2.05, 4.69) is 57.0 Å². The number of anilines is 1. The normalized spacial score (nSPS) is 15.1. The van der Waals surface area contributed by atoms with E-state index in [1.54, 1.807) is 6.92 Å². The van der Waals surface area contributed by atoms with E-state index < -0.39 is 0 Å². The van der Waals surface area contributed by atoms with Crippen LogP contribution in [0.25, 0.3) is 0 Å². The first-order valence-electron chi connectivity index (χ1n) is 10.1. The van der Waals surface area contributed by atoms with E-state index >= 15 is 0 Å². The van der Waals surface area contributed by atoms with Gasteiger partial charge in [-0.25, -0.2) is 0 Å². The number of carbonyl (C=O) groups excluding carboxylic acids is 1. The molecule has 2 rings (SSSR count). The molecule has 5 heteroatoms. The van der Waals surface area contributed by atoms with Crippen LogP contribution in [0.3, 0.4) is 0 Å². The van der Waals surface area contributed by atoms with Gasteiger partial charge in [-0.05, 0) is 69.3 Å². The molecule has 0 unspecified atom stereocenters. The fraction of sp³-hybridized carbons (Fsp3) is 0.636. The van der Waals surface area contributed by atoms with Crippen molar-refractivity contribution >= 4 is 28.9 Å². The monoisotopic (exact) mass is 389 g/mol. The van der Waals surface area contributed by atoms with E-state index in [4.69, 9.17) is 12.2 Å². The zero-order chi connectivity index (χ0) is 20.1. The van der Waals surface area contributed by atoms with E-state index in [0.717, 1.165) is 49.7 Å². The Balaban J connectivity index is 2.14. The van der Waals surface area contributed by atoms with Crippen LogP contribution in [0.5, 0.6) is 0 Å². The summed E-state index contributed by atoms with van der Waals surface area (Å²) in [6, 6.07) is 4.79. The topological polar surface area (TPSA) is 35.6 Å². The van der Waals surface area contributed by atoms with Gasteiger partial charge >= 0.3 is 0 Å². The lowest BCUT2D eigenvalue weighted by atomic mass is 10.0. The molecule has 27 heavy (non-hydrogen) atoms. The van der Waals surface area contributed by atoms with Crippen molar-refractivity contribution in [3.63, 3.8) is 0 Å². The van der Waals surface area contributed by atoms with Crippen LogP contribution in [0.2, 0.25) is 0 Å². The minimum absolute atomic E-state index is 0.175. The van der Waals surface area contributed by atoms with Gasteiger partial charge in [0.1, 0.15) is 0 Å². The number of nitrogens with zero attached hydrogens (tertiary/aromatic N) is 2. The van der Waals surface area contributed by atoms with Crippen molar-refractivity contribution in [2.75, 3.05) is 25.0 Å². The van der Waals surface area contributed by atoms with Gasteiger partial charge in [0.05, 0.1) is 0 Å². The maximum atomic E-state index is 11.6. The van der Waals surface area contributed by atoms with Gasteiger partial charge in [-0.1, -0.05) is 31.5 Å². The number of benzene rings is 1. The maximum absolute atomic E-state index is 11.6. The van der Waals surface area contributed by atoms with E-state index in [0.29, 0.717) is 12.0 Å². The van der Waals surface area contributed by atoms with E-state index in [1.165, 1.54) is 16.7 Å². The van der Waals surface area contributed by atoms with Crippen LogP contribution in [0.1, 0.15) is 56.7 Å². The quantitative estimate of drug-likeness (QED) is 0.743. The Kier molecular flexibility index (Phi) is 7.66. The number of hydrogen-bond acceptors (Lipinski definition) is 2. The lowest BCUT2D eigenvalue weighted by Crippen LogP contribution is -2.50. The number of piperidine rings is 1. The summed E-state index contributed by atoms with van der Waals surface area (Å²) in [6.45, 7) is 15.2. The summed E-state index contributed by atoms with van der Waals surface area (Å²) >= 11 is 5.86. The van der Waals surface area contributed by atoms with Crippen LogP contribution in [0, 0.1) is 26.7 Å². The molecule has 0 atom stereocenters. The highest BCUT2D eigenvalue weighted by Crippen LogP contribution is 2.24. The van der Waals surface area contributed by atoms with Gasteiger partial charge in [0, 0.05) is 38.3 Å². The van der Waals surface area contributed by atoms with Crippen molar-refractivity contribution in [3.05, 3.63) is 28.8 Å². The second-order valence-corrected chi connectivity index (χ2v) is 8.70. The van der Waals surface area contributed by atoms with Crippen molar-refractivity contribution in [2.45, 2.75) is 66.8 Å². The summed E-state index contributed by atoms with van der Waals surface area (Å²) in [5.74, 6) is 0.809. The summed E-state index contributed by atoms with van der Waals surface area (Å²) in [4.78, 5) is 16.0. The molecule has 0 aliphatic carbocycles. The Morgan fingerprint density at radius 3 is 2.26 bits per heavy atom. The third-order valence-corrected chi connectivity index (χ3v) is 5.80. The van der Waals surface area contributed by atoms with Gasteiger partial charge in [-0.3, -0.25) is 4.79 Å². The van der Waals surface area contributed by atoms with Crippen molar-refractivity contribution in [3.8, 4) is 0 Å². The van der Waals surface area contributed by atoms with Crippen LogP contribution in [-0.2, 0) is 4.79 Å². The Bertz CT molecular complexity index is 655. The Morgan fingerprint density at radius 1 is 1.22 bits per heavy atom. The molecule has 150 valence electrons. The highest BCUT2D eigenvalue weighted by molar-refractivity contribution is 7.80. The van der Waals surface area contributed by atoms with Gasteiger partial charge in [-0.15, -0.1) is 0 Å². The van der Waals surface area contributed by atoms with Crippen molar-refractivity contribution < 1.29 is 4.79 Å². The van der Waals surface area contributed by atoms with Crippen LogP contribution in [-0.4, -0.2) is 46.5 Å². The molecule has 0 radical (unpaired) electrons. The molecule has 0 bridgehead atoms. The minimum Gasteiger partial charge on any atom is -0.346 e. The molecule has 1 saturated heterocycles. The molecule has 1 heterocycles. The average Bonchev–Trinajstić information content (AvgIpc) is 2.58. The summed E-state index contributed by atoms with van der Waals surface area (Å²) in [6.07, 6.45) is 3.07. The molecular weight excluding hydrogens is 354 g/mol. The second kappa shape index (κ2) is 9.54. The standard InChI is InChI=1S/C22H35N3OS/c1-15(2)7-12-25(20-8-10-24(11-9-20)19(6)26)22(27)23-21-17(4)13-16(3)14-18(21)5/h13-15,20H,7-12H2,1-6H3,(H,23,27). The molecule has 0 saturated carbocycles.